The maximum atomic E-state index is 13.6. The molecule has 0 spiro atoms. The zero-order valence-corrected chi connectivity index (χ0v) is 9.44. The zero-order chi connectivity index (χ0) is 12.6. The fourth-order valence-corrected chi connectivity index (χ4v) is 1.73. The summed E-state index contributed by atoms with van der Waals surface area (Å²) < 4.78 is 40.3. The third kappa shape index (κ3) is 1.81. The van der Waals surface area contributed by atoms with Gasteiger partial charge in [-0.2, -0.15) is 0 Å². The number of rotatable bonds is 2. The number of anilines is 1. The molecule has 0 amide bonds. The van der Waals surface area contributed by atoms with Crippen molar-refractivity contribution >= 4 is 16.6 Å². The van der Waals surface area contributed by atoms with Crippen molar-refractivity contribution in [3.05, 3.63) is 35.3 Å². The monoisotopic (exact) mass is 240 g/mol. The molecule has 0 aliphatic rings. The lowest BCUT2D eigenvalue weighted by Crippen LogP contribution is -2.01. The highest BCUT2D eigenvalue weighted by atomic mass is 19.2. The molecule has 0 bridgehead atoms. The summed E-state index contributed by atoms with van der Waals surface area (Å²) in [6.45, 7) is 1.85. The molecule has 1 heterocycles. The number of pyridine rings is 1. The molecule has 1 aromatic heterocycles. The van der Waals surface area contributed by atoms with Gasteiger partial charge in [-0.25, -0.2) is 18.2 Å². The van der Waals surface area contributed by atoms with Crippen LogP contribution in [0.2, 0.25) is 0 Å². The molecule has 0 aliphatic carbocycles. The van der Waals surface area contributed by atoms with Crippen molar-refractivity contribution in [2.75, 3.05) is 12.4 Å². The number of nitrogens with zero attached hydrogens (tertiary/aromatic N) is 1. The second-order valence-corrected chi connectivity index (χ2v) is 3.64. The second kappa shape index (κ2) is 4.24. The van der Waals surface area contributed by atoms with Crippen LogP contribution in [0.5, 0.6) is 0 Å². The van der Waals surface area contributed by atoms with E-state index in [4.69, 9.17) is 0 Å². The predicted molar refractivity (Wildman–Crippen MR) is 60.5 cm³/mol. The van der Waals surface area contributed by atoms with Gasteiger partial charge in [-0.15, -0.1) is 0 Å². The number of halogens is 3. The van der Waals surface area contributed by atoms with Crippen LogP contribution in [0.1, 0.15) is 12.6 Å². The summed E-state index contributed by atoms with van der Waals surface area (Å²) in [7, 11) is 1.57. The highest BCUT2D eigenvalue weighted by Crippen LogP contribution is 2.29. The van der Waals surface area contributed by atoms with Gasteiger partial charge in [0.25, 0.3) is 0 Å². The normalized spacial score (nSPS) is 10.9. The first kappa shape index (κ1) is 11.7. The Morgan fingerprint density at radius 1 is 1.18 bits per heavy atom. The summed E-state index contributed by atoms with van der Waals surface area (Å²) in [6, 6.07) is 2.11. The largest absolute Gasteiger partial charge is 0.387 e. The number of nitrogens with one attached hydrogen (secondary N) is 1. The molecule has 0 unspecified atom stereocenters. The van der Waals surface area contributed by atoms with Crippen molar-refractivity contribution in [2.24, 2.45) is 0 Å². The van der Waals surface area contributed by atoms with E-state index in [1.54, 1.807) is 13.1 Å². The molecule has 17 heavy (non-hydrogen) atoms. The summed E-state index contributed by atoms with van der Waals surface area (Å²) in [4.78, 5) is 3.98. The van der Waals surface area contributed by atoms with Crippen molar-refractivity contribution in [3.8, 4) is 0 Å². The third-order valence-corrected chi connectivity index (χ3v) is 2.61. The minimum atomic E-state index is -1.21. The van der Waals surface area contributed by atoms with E-state index in [1.165, 1.54) is 0 Å². The van der Waals surface area contributed by atoms with Crippen LogP contribution in [-0.4, -0.2) is 12.0 Å². The van der Waals surface area contributed by atoms with Gasteiger partial charge in [-0.3, -0.25) is 0 Å². The van der Waals surface area contributed by atoms with E-state index >= 15 is 0 Å². The third-order valence-electron chi connectivity index (χ3n) is 2.61. The van der Waals surface area contributed by atoms with Crippen LogP contribution in [0.15, 0.2) is 12.1 Å². The standard InChI is InChI=1S/C12H11F3N2/c1-3-6-4-9(16-2)10-11(15)7(13)5-8(14)12(10)17-6/h4-5H,3H2,1-2H3,(H,16,17). The van der Waals surface area contributed by atoms with Gasteiger partial charge in [0.1, 0.15) is 5.52 Å². The SMILES string of the molecule is CCc1cc(NC)c2c(F)c(F)cc(F)c2n1. The number of benzene rings is 1. The molecule has 0 aliphatic heterocycles. The van der Waals surface area contributed by atoms with E-state index in [2.05, 4.69) is 10.3 Å². The first-order valence-corrected chi connectivity index (χ1v) is 5.23. The molecule has 2 aromatic rings. The van der Waals surface area contributed by atoms with E-state index in [-0.39, 0.29) is 10.9 Å². The molecule has 1 aromatic carbocycles. The van der Waals surface area contributed by atoms with Gasteiger partial charge in [0, 0.05) is 24.5 Å². The van der Waals surface area contributed by atoms with Gasteiger partial charge in [0.05, 0.1) is 5.39 Å². The lowest BCUT2D eigenvalue weighted by Gasteiger charge is -2.10. The van der Waals surface area contributed by atoms with Gasteiger partial charge in [-0.05, 0) is 12.5 Å². The van der Waals surface area contributed by atoms with Gasteiger partial charge in [0.15, 0.2) is 17.5 Å². The summed E-state index contributed by atoms with van der Waals surface area (Å²) in [5.41, 5.74) is 0.808. The maximum Gasteiger partial charge on any atom is 0.170 e. The van der Waals surface area contributed by atoms with E-state index in [9.17, 15) is 13.2 Å². The Bertz CT molecular complexity index is 582. The van der Waals surface area contributed by atoms with Crippen LogP contribution < -0.4 is 5.32 Å². The highest BCUT2D eigenvalue weighted by Gasteiger charge is 2.17. The minimum absolute atomic E-state index is 0.146. The molecule has 90 valence electrons. The molecule has 0 radical (unpaired) electrons. The van der Waals surface area contributed by atoms with Crippen LogP contribution in [-0.2, 0) is 6.42 Å². The average Bonchev–Trinajstić information content (AvgIpc) is 2.34. The van der Waals surface area contributed by atoms with Gasteiger partial charge >= 0.3 is 0 Å². The van der Waals surface area contributed by atoms with Crippen molar-refractivity contribution in [1.82, 2.24) is 4.98 Å². The number of aryl methyl sites for hydroxylation is 1. The number of aromatic nitrogens is 1. The Morgan fingerprint density at radius 2 is 1.88 bits per heavy atom. The number of hydrogen-bond donors (Lipinski definition) is 1. The molecule has 5 heteroatoms. The maximum absolute atomic E-state index is 13.6. The summed E-state index contributed by atoms with van der Waals surface area (Å²) in [5, 5.41) is 2.58. The van der Waals surface area contributed by atoms with Crippen LogP contribution in [0.25, 0.3) is 10.9 Å². The smallest absolute Gasteiger partial charge is 0.170 e. The van der Waals surface area contributed by atoms with Crippen molar-refractivity contribution in [2.45, 2.75) is 13.3 Å². The van der Waals surface area contributed by atoms with Gasteiger partial charge in [0.2, 0.25) is 0 Å². The van der Waals surface area contributed by atoms with Crippen LogP contribution in [0, 0.1) is 17.5 Å². The zero-order valence-electron chi connectivity index (χ0n) is 9.44. The lowest BCUT2D eigenvalue weighted by molar-refractivity contribution is 0.505. The molecule has 0 saturated carbocycles. The van der Waals surface area contributed by atoms with Crippen molar-refractivity contribution < 1.29 is 13.2 Å². The quantitative estimate of drug-likeness (QED) is 0.815. The van der Waals surface area contributed by atoms with E-state index in [0.717, 1.165) is 0 Å². The fourth-order valence-electron chi connectivity index (χ4n) is 1.73. The Hall–Kier alpha value is -1.78. The molecular formula is C12H11F3N2. The minimum Gasteiger partial charge on any atom is -0.387 e. The highest BCUT2D eigenvalue weighted by molar-refractivity contribution is 5.92. The van der Waals surface area contributed by atoms with Crippen LogP contribution in [0.4, 0.5) is 18.9 Å². The fraction of sp³-hybridized carbons (Fsp3) is 0.250. The van der Waals surface area contributed by atoms with Gasteiger partial charge in [-0.1, -0.05) is 6.92 Å². The molecule has 0 fully saturated rings. The Balaban J connectivity index is 2.93. The van der Waals surface area contributed by atoms with Crippen LogP contribution in [0.3, 0.4) is 0 Å². The predicted octanol–water partition coefficient (Wildman–Crippen LogP) is 3.26. The van der Waals surface area contributed by atoms with Crippen LogP contribution >= 0.6 is 0 Å². The second-order valence-electron chi connectivity index (χ2n) is 3.64. The Kier molecular flexibility index (Phi) is 2.92. The average molecular weight is 240 g/mol. The molecule has 2 nitrogen and oxygen atoms in total. The Morgan fingerprint density at radius 3 is 2.47 bits per heavy atom. The van der Waals surface area contributed by atoms with Gasteiger partial charge < -0.3 is 5.32 Å². The molecule has 0 atom stereocenters. The van der Waals surface area contributed by atoms with Crippen molar-refractivity contribution in [1.29, 1.82) is 0 Å². The molecule has 1 N–H and O–H groups in total. The summed E-state index contributed by atoms with van der Waals surface area (Å²) >= 11 is 0. The first-order chi connectivity index (χ1) is 8.08. The van der Waals surface area contributed by atoms with E-state index in [0.29, 0.717) is 23.9 Å². The number of fused-ring (bicyclic) bond motifs is 1. The first-order valence-electron chi connectivity index (χ1n) is 5.23. The molecule has 2 rings (SSSR count). The van der Waals surface area contributed by atoms with E-state index in [1.807, 2.05) is 6.92 Å². The Labute approximate surface area is 96.5 Å². The van der Waals surface area contributed by atoms with E-state index < -0.39 is 17.5 Å². The molecular weight excluding hydrogens is 229 g/mol. The molecule has 0 saturated heterocycles. The number of hydrogen-bond acceptors (Lipinski definition) is 2. The summed E-state index contributed by atoms with van der Waals surface area (Å²) in [5.74, 6) is -3.15. The summed E-state index contributed by atoms with van der Waals surface area (Å²) in [6.07, 6.45) is 0.586. The topological polar surface area (TPSA) is 24.9 Å². The lowest BCUT2D eigenvalue weighted by atomic mass is 10.1. The van der Waals surface area contributed by atoms with Crippen molar-refractivity contribution in [3.63, 3.8) is 0 Å².